The molecule has 2 heterocycles. The van der Waals surface area contributed by atoms with Gasteiger partial charge in [-0.05, 0) is 24.6 Å². The van der Waals surface area contributed by atoms with Crippen molar-refractivity contribution in [2.45, 2.75) is 13.0 Å². The number of ether oxygens (including phenoxy) is 2. The summed E-state index contributed by atoms with van der Waals surface area (Å²) in [5.41, 5.74) is 1.40. The molecule has 1 N–H and O–H groups in total. The highest BCUT2D eigenvalue weighted by Crippen LogP contribution is 2.35. The van der Waals surface area contributed by atoms with E-state index in [-0.39, 0.29) is 12.5 Å². The van der Waals surface area contributed by atoms with Gasteiger partial charge in [0.05, 0.1) is 31.7 Å². The number of anilines is 1. The first-order chi connectivity index (χ1) is 12.3. The minimum atomic E-state index is -3.51. The molecule has 9 heteroatoms. The van der Waals surface area contributed by atoms with Gasteiger partial charge in [0.25, 0.3) is 5.91 Å². The highest BCUT2D eigenvalue weighted by molar-refractivity contribution is 7.92. The van der Waals surface area contributed by atoms with Crippen LogP contribution in [0.25, 0.3) is 0 Å². The lowest BCUT2D eigenvalue weighted by molar-refractivity contribution is -0.127. The van der Waals surface area contributed by atoms with Crippen LogP contribution in [0.2, 0.25) is 0 Å². The molecule has 1 atom stereocenters. The zero-order chi connectivity index (χ0) is 18.7. The van der Waals surface area contributed by atoms with E-state index in [9.17, 15) is 13.2 Å². The van der Waals surface area contributed by atoms with Gasteiger partial charge in [-0.2, -0.15) is 0 Å². The number of carbonyl (C=O) groups excluding carboxylic acids is 1. The fourth-order valence-corrected chi connectivity index (χ4v) is 3.99. The van der Waals surface area contributed by atoms with Gasteiger partial charge < -0.3 is 14.8 Å². The molecule has 8 nitrogen and oxygen atoms in total. The second-order valence-corrected chi connectivity index (χ2v) is 8.52. The van der Waals surface area contributed by atoms with Gasteiger partial charge >= 0.3 is 0 Å². The topological polar surface area (TPSA) is 88.2 Å². The van der Waals surface area contributed by atoms with Gasteiger partial charge in [0.2, 0.25) is 10.0 Å². The van der Waals surface area contributed by atoms with E-state index in [0.29, 0.717) is 31.2 Å². The average molecular weight is 383 g/mol. The van der Waals surface area contributed by atoms with Crippen LogP contribution < -0.4 is 14.4 Å². The summed E-state index contributed by atoms with van der Waals surface area (Å²) in [4.78, 5) is 14.7. The smallest absolute Gasteiger partial charge is 0.263 e. The number of morpholine rings is 1. The summed E-state index contributed by atoms with van der Waals surface area (Å²) in [6.07, 6.45) is 0.266. The Labute approximate surface area is 154 Å². The third-order valence-electron chi connectivity index (χ3n) is 4.51. The number of benzene rings is 1. The van der Waals surface area contributed by atoms with E-state index in [2.05, 4.69) is 10.2 Å². The lowest BCUT2D eigenvalue weighted by atomic mass is 10.1. The lowest BCUT2D eigenvalue weighted by Gasteiger charge is -2.34. The van der Waals surface area contributed by atoms with Crippen LogP contribution in [0.3, 0.4) is 0 Å². The summed E-state index contributed by atoms with van der Waals surface area (Å²) >= 11 is 0. The second-order valence-electron chi connectivity index (χ2n) is 6.62. The van der Waals surface area contributed by atoms with Crippen LogP contribution >= 0.6 is 0 Å². The van der Waals surface area contributed by atoms with Gasteiger partial charge in [0.1, 0.15) is 5.75 Å². The van der Waals surface area contributed by atoms with Gasteiger partial charge in [-0.1, -0.05) is 6.07 Å². The molecule has 1 amide bonds. The molecule has 1 aromatic rings. The maximum Gasteiger partial charge on any atom is 0.263 e. The van der Waals surface area contributed by atoms with Crippen molar-refractivity contribution in [2.24, 2.45) is 0 Å². The Morgan fingerprint density at radius 2 is 2.04 bits per heavy atom. The van der Waals surface area contributed by atoms with Crippen molar-refractivity contribution in [1.82, 2.24) is 10.2 Å². The van der Waals surface area contributed by atoms with Crippen LogP contribution in [0.15, 0.2) is 18.2 Å². The van der Waals surface area contributed by atoms with Gasteiger partial charge in [0.15, 0.2) is 6.10 Å². The van der Waals surface area contributed by atoms with Crippen LogP contribution in [0.4, 0.5) is 5.69 Å². The molecule has 1 saturated heterocycles. The summed E-state index contributed by atoms with van der Waals surface area (Å²) in [5.74, 6) is 0.0961. The molecule has 0 aromatic heterocycles. The van der Waals surface area contributed by atoms with Crippen molar-refractivity contribution in [3.8, 4) is 5.75 Å². The van der Waals surface area contributed by atoms with E-state index in [1.807, 2.05) is 13.0 Å². The van der Waals surface area contributed by atoms with E-state index in [0.717, 1.165) is 31.5 Å². The highest BCUT2D eigenvalue weighted by atomic mass is 32.2. The molecule has 1 aromatic carbocycles. The van der Waals surface area contributed by atoms with Gasteiger partial charge in [0, 0.05) is 26.2 Å². The Balaban J connectivity index is 1.65. The van der Waals surface area contributed by atoms with E-state index >= 15 is 0 Å². The van der Waals surface area contributed by atoms with E-state index in [1.165, 1.54) is 4.31 Å². The van der Waals surface area contributed by atoms with Crippen LogP contribution in [0.5, 0.6) is 5.75 Å². The Morgan fingerprint density at radius 1 is 1.31 bits per heavy atom. The average Bonchev–Trinajstić information content (AvgIpc) is 2.60. The first kappa shape index (κ1) is 18.9. The number of aryl methyl sites for hydroxylation is 1. The zero-order valence-electron chi connectivity index (χ0n) is 15.1. The zero-order valence-corrected chi connectivity index (χ0v) is 15.9. The van der Waals surface area contributed by atoms with Crippen molar-refractivity contribution in [3.63, 3.8) is 0 Å². The summed E-state index contributed by atoms with van der Waals surface area (Å²) in [6, 6.07) is 5.29. The number of hydrogen-bond acceptors (Lipinski definition) is 6. The SMILES string of the molecule is Cc1ccc2c(c1)N(S(C)(=O)=O)CC(C(=O)NCCN1CCOCC1)O2. The molecule has 0 radical (unpaired) electrons. The standard InChI is InChI=1S/C17H25N3O5S/c1-13-3-4-15-14(11-13)20(26(2,22)23)12-16(25-15)17(21)18-5-6-19-7-9-24-10-8-19/h3-4,11,16H,5-10,12H2,1-2H3,(H,18,21). The predicted molar refractivity (Wildman–Crippen MR) is 98.1 cm³/mol. The van der Waals surface area contributed by atoms with Gasteiger partial charge in [-0.15, -0.1) is 0 Å². The maximum atomic E-state index is 12.5. The van der Waals surface area contributed by atoms with Crippen molar-refractivity contribution in [1.29, 1.82) is 0 Å². The van der Waals surface area contributed by atoms with Crippen LogP contribution in [-0.2, 0) is 19.6 Å². The van der Waals surface area contributed by atoms with Crippen LogP contribution in [-0.4, -0.2) is 77.5 Å². The summed E-state index contributed by atoms with van der Waals surface area (Å²) < 4.78 is 36.6. The molecule has 0 aliphatic carbocycles. The van der Waals surface area contributed by atoms with Crippen molar-refractivity contribution < 1.29 is 22.7 Å². The molecule has 26 heavy (non-hydrogen) atoms. The number of amides is 1. The third-order valence-corrected chi connectivity index (χ3v) is 5.65. The number of sulfonamides is 1. The fourth-order valence-electron chi connectivity index (χ4n) is 3.09. The van der Waals surface area contributed by atoms with Crippen LogP contribution in [0, 0.1) is 6.92 Å². The maximum absolute atomic E-state index is 12.5. The Morgan fingerprint density at radius 3 is 2.73 bits per heavy atom. The second kappa shape index (κ2) is 7.81. The first-order valence-corrected chi connectivity index (χ1v) is 10.5. The summed E-state index contributed by atoms with van der Waals surface area (Å²) in [7, 11) is -3.51. The molecule has 0 bridgehead atoms. The Hall–Kier alpha value is -1.84. The van der Waals surface area contributed by atoms with Gasteiger partial charge in [-0.25, -0.2) is 8.42 Å². The van der Waals surface area contributed by atoms with E-state index in [1.54, 1.807) is 12.1 Å². The fraction of sp³-hybridized carbons (Fsp3) is 0.588. The quantitative estimate of drug-likeness (QED) is 0.768. The number of nitrogens with one attached hydrogen (secondary N) is 1. The summed E-state index contributed by atoms with van der Waals surface area (Å²) in [6.45, 7) is 6.18. The lowest BCUT2D eigenvalue weighted by Crippen LogP contribution is -2.51. The van der Waals surface area contributed by atoms with E-state index in [4.69, 9.17) is 9.47 Å². The largest absolute Gasteiger partial charge is 0.476 e. The van der Waals surface area contributed by atoms with E-state index < -0.39 is 16.1 Å². The molecular formula is C17H25N3O5S. The minimum absolute atomic E-state index is 0.0291. The molecule has 2 aliphatic heterocycles. The van der Waals surface area contributed by atoms with Crippen molar-refractivity contribution >= 4 is 21.6 Å². The highest BCUT2D eigenvalue weighted by Gasteiger charge is 2.35. The number of fused-ring (bicyclic) bond motifs is 1. The molecule has 1 unspecified atom stereocenters. The van der Waals surface area contributed by atoms with Gasteiger partial charge in [-0.3, -0.25) is 14.0 Å². The predicted octanol–water partition coefficient (Wildman–Crippen LogP) is -0.0296. The molecular weight excluding hydrogens is 358 g/mol. The first-order valence-electron chi connectivity index (χ1n) is 8.67. The normalized spacial score (nSPS) is 21.0. The molecule has 2 aliphatic rings. The monoisotopic (exact) mass is 383 g/mol. The molecule has 144 valence electrons. The van der Waals surface area contributed by atoms with Crippen LogP contribution in [0.1, 0.15) is 5.56 Å². The van der Waals surface area contributed by atoms with Crippen molar-refractivity contribution in [3.05, 3.63) is 23.8 Å². The number of rotatable bonds is 5. The Kier molecular flexibility index (Phi) is 5.69. The minimum Gasteiger partial charge on any atom is -0.476 e. The molecule has 1 fully saturated rings. The molecule has 3 rings (SSSR count). The number of hydrogen-bond donors (Lipinski definition) is 1. The summed E-state index contributed by atoms with van der Waals surface area (Å²) in [5, 5.41) is 2.85. The Bertz CT molecular complexity index is 762. The van der Waals surface area contributed by atoms with Crippen molar-refractivity contribution in [2.75, 3.05) is 56.5 Å². The number of carbonyl (C=O) groups is 1. The third kappa shape index (κ3) is 4.46. The number of nitrogens with zero attached hydrogens (tertiary/aromatic N) is 2. The molecule has 0 spiro atoms. The molecule has 0 saturated carbocycles.